The maximum atomic E-state index is 10.4. The second-order valence-electron chi connectivity index (χ2n) is 5.42. The lowest BCUT2D eigenvalue weighted by atomic mass is 9.81. The number of aliphatic hydroxyl groups is 1. The zero-order chi connectivity index (χ0) is 11.4. The fourth-order valence-electron chi connectivity index (χ4n) is 2.81. The molecule has 0 amide bonds. The topological polar surface area (TPSA) is 32.3 Å². The Hall–Kier alpha value is -0.0800. The van der Waals surface area contributed by atoms with Gasteiger partial charge >= 0.3 is 0 Å². The van der Waals surface area contributed by atoms with Gasteiger partial charge in [-0.3, -0.25) is 5.32 Å². The highest BCUT2D eigenvalue weighted by Gasteiger charge is 2.38. The van der Waals surface area contributed by atoms with Crippen LogP contribution in [-0.4, -0.2) is 16.4 Å². The van der Waals surface area contributed by atoms with Crippen LogP contribution in [0.25, 0.3) is 0 Å². The van der Waals surface area contributed by atoms with E-state index in [0.29, 0.717) is 0 Å². The van der Waals surface area contributed by atoms with E-state index in [4.69, 9.17) is 0 Å². The van der Waals surface area contributed by atoms with Gasteiger partial charge in [-0.1, -0.05) is 33.1 Å². The average Bonchev–Trinajstić information content (AvgIpc) is 2.14. The van der Waals surface area contributed by atoms with E-state index in [1.165, 1.54) is 25.7 Å². The molecule has 2 atom stereocenters. The molecule has 15 heavy (non-hydrogen) atoms. The highest BCUT2D eigenvalue weighted by Crippen LogP contribution is 2.33. The van der Waals surface area contributed by atoms with Crippen molar-refractivity contribution in [1.82, 2.24) is 5.32 Å². The van der Waals surface area contributed by atoms with Crippen molar-refractivity contribution in [2.24, 2.45) is 0 Å². The van der Waals surface area contributed by atoms with Gasteiger partial charge in [0.2, 0.25) is 0 Å². The van der Waals surface area contributed by atoms with Gasteiger partial charge < -0.3 is 5.11 Å². The molecule has 0 aromatic heterocycles. The zero-order valence-electron chi connectivity index (χ0n) is 10.6. The van der Waals surface area contributed by atoms with Crippen molar-refractivity contribution in [3.8, 4) is 0 Å². The molecule has 2 unspecified atom stereocenters. The van der Waals surface area contributed by atoms with Crippen molar-refractivity contribution in [3.05, 3.63) is 0 Å². The van der Waals surface area contributed by atoms with Crippen molar-refractivity contribution in [1.29, 1.82) is 0 Å². The first-order chi connectivity index (χ1) is 7.04. The molecule has 1 saturated heterocycles. The van der Waals surface area contributed by atoms with E-state index in [2.05, 4.69) is 26.1 Å². The van der Waals surface area contributed by atoms with Gasteiger partial charge in [0, 0.05) is 5.54 Å². The molecule has 1 fully saturated rings. The summed E-state index contributed by atoms with van der Waals surface area (Å²) in [6.07, 6.45) is 8.90. The van der Waals surface area contributed by atoms with Crippen molar-refractivity contribution in [2.75, 3.05) is 0 Å². The van der Waals surface area contributed by atoms with E-state index in [0.717, 1.165) is 25.7 Å². The Morgan fingerprint density at radius 1 is 1.13 bits per heavy atom. The Kier molecular flexibility index (Phi) is 4.60. The fourth-order valence-corrected chi connectivity index (χ4v) is 2.81. The van der Waals surface area contributed by atoms with E-state index >= 15 is 0 Å². The van der Waals surface area contributed by atoms with Crippen LogP contribution in [0, 0.1) is 0 Å². The molecule has 0 aliphatic carbocycles. The number of rotatable bonds is 5. The molecular weight excluding hydrogens is 186 g/mol. The summed E-state index contributed by atoms with van der Waals surface area (Å²) in [4.78, 5) is 0. The minimum Gasteiger partial charge on any atom is -0.376 e. The number of hydrogen-bond donors (Lipinski definition) is 2. The first kappa shape index (κ1) is 13.0. The van der Waals surface area contributed by atoms with Gasteiger partial charge in [-0.05, 0) is 39.0 Å². The van der Waals surface area contributed by atoms with Crippen LogP contribution in [0.3, 0.4) is 0 Å². The third-order valence-corrected chi connectivity index (χ3v) is 3.60. The first-order valence-corrected chi connectivity index (χ1v) is 6.55. The first-order valence-electron chi connectivity index (χ1n) is 6.55. The van der Waals surface area contributed by atoms with E-state index in [-0.39, 0.29) is 5.54 Å². The summed E-state index contributed by atoms with van der Waals surface area (Å²) in [5, 5.41) is 13.9. The molecular formula is C13H27NO. The Morgan fingerprint density at radius 3 is 2.47 bits per heavy atom. The highest BCUT2D eigenvalue weighted by molar-refractivity contribution is 4.94. The molecule has 0 spiro atoms. The molecule has 0 radical (unpaired) electrons. The Morgan fingerprint density at radius 2 is 1.87 bits per heavy atom. The van der Waals surface area contributed by atoms with Crippen LogP contribution in [0.1, 0.15) is 72.1 Å². The van der Waals surface area contributed by atoms with E-state index in [1.807, 2.05) is 0 Å². The van der Waals surface area contributed by atoms with Crippen LogP contribution in [-0.2, 0) is 0 Å². The molecule has 0 saturated carbocycles. The van der Waals surface area contributed by atoms with Crippen molar-refractivity contribution in [2.45, 2.75) is 83.4 Å². The molecule has 2 N–H and O–H groups in total. The van der Waals surface area contributed by atoms with E-state index < -0.39 is 5.72 Å². The van der Waals surface area contributed by atoms with Crippen LogP contribution < -0.4 is 5.32 Å². The molecule has 1 rings (SSSR count). The minimum absolute atomic E-state index is 0.165. The predicted molar refractivity (Wildman–Crippen MR) is 64.8 cm³/mol. The maximum Gasteiger partial charge on any atom is 0.116 e. The molecule has 2 nitrogen and oxygen atoms in total. The van der Waals surface area contributed by atoms with Gasteiger partial charge in [-0.15, -0.1) is 0 Å². The third kappa shape index (κ3) is 3.76. The zero-order valence-corrected chi connectivity index (χ0v) is 10.6. The van der Waals surface area contributed by atoms with Gasteiger partial charge in [0.15, 0.2) is 0 Å². The number of piperidine rings is 1. The summed E-state index contributed by atoms with van der Waals surface area (Å²) in [6, 6.07) is 0. The smallest absolute Gasteiger partial charge is 0.116 e. The predicted octanol–water partition coefficient (Wildman–Crippen LogP) is 3.20. The third-order valence-electron chi connectivity index (χ3n) is 3.60. The number of hydrogen-bond acceptors (Lipinski definition) is 2. The van der Waals surface area contributed by atoms with Crippen LogP contribution in [0.2, 0.25) is 0 Å². The second kappa shape index (κ2) is 5.31. The van der Waals surface area contributed by atoms with Crippen LogP contribution in [0.4, 0.5) is 0 Å². The summed E-state index contributed by atoms with van der Waals surface area (Å²) < 4.78 is 0. The van der Waals surface area contributed by atoms with Gasteiger partial charge in [-0.25, -0.2) is 0 Å². The lowest BCUT2D eigenvalue weighted by Gasteiger charge is -2.45. The molecule has 2 heteroatoms. The van der Waals surface area contributed by atoms with Crippen molar-refractivity contribution >= 4 is 0 Å². The van der Waals surface area contributed by atoms with Crippen molar-refractivity contribution < 1.29 is 5.11 Å². The van der Waals surface area contributed by atoms with E-state index in [1.54, 1.807) is 0 Å². The fraction of sp³-hybridized carbons (Fsp3) is 1.00. The van der Waals surface area contributed by atoms with Crippen LogP contribution in [0.5, 0.6) is 0 Å². The largest absolute Gasteiger partial charge is 0.376 e. The SMILES string of the molecule is CCCCC1(C)CCCC(O)(CCC)N1. The minimum atomic E-state index is -0.588. The molecule has 1 aliphatic rings. The Labute approximate surface area is 94.5 Å². The van der Waals surface area contributed by atoms with Crippen LogP contribution in [0.15, 0.2) is 0 Å². The number of nitrogens with one attached hydrogen (secondary N) is 1. The molecule has 0 bridgehead atoms. The lowest BCUT2D eigenvalue weighted by molar-refractivity contribution is -0.0645. The van der Waals surface area contributed by atoms with E-state index in [9.17, 15) is 5.11 Å². The number of unbranched alkanes of at least 4 members (excludes halogenated alkanes) is 1. The molecule has 90 valence electrons. The monoisotopic (exact) mass is 213 g/mol. The standard InChI is InChI=1S/C13H27NO/c1-4-6-9-12(3)10-7-11-13(15,14-12)8-5-2/h14-15H,4-11H2,1-3H3. The average molecular weight is 213 g/mol. The lowest BCUT2D eigenvalue weighted by Crippen LogP contribution is -2.59. The summed E-state index contributed by atoms with van der Waals surface area (Å²) in [5.74, 6) is 0. The summed E-state index contributed by atoms with van der Waals surface area (Å²) >= 11 is 0. The highest BCUT2D eigenvalue weighted by atomic mass is 16.3. The Balaban J connectivity index is 2.53. The molecule has 0 aromatic carbocycles. The maximum absolute atomic E-state index is 10.4. The summed E-state index contributed by atoms with van der Waals surface area (Å²) in [6.45, 7) is 6.63. The molecule has 1 aliphatic heterocycles. The van der Waals surface area contributed by atoms with Gasteiger partial charge in [0.1, 0.15) is 5.72 Å². The second-order valence-corrected chi connectivity index (χ2v) is 5.42. The Bertz CT molecular complexity index is 191. The normalized spacial score (nSPS) is 36.8. The van der Waals surface area contributed by atoms with Crippen LogP contribution >= 0.6 is 0 Å². The van der Waals surface area contributed by atoms with Crippen molar-refractivity contribution in [3.63, 3.8) is 0 Å². The van der Waals surface area contributed by atoms with Gasteiger partial charge in [-0.2, -0.15) is 0 Å². The van der Waals surface area contributed by atoms with Gasteiger partial charge in [0.25, 0.3) is 0 Å². The molecule has 1 heterocycles. The summed E-state index contributed by atoms with van der Waals surface area (Å²) in [5.41, 5.74) is -0.423. The van der Waals surface area contributed by atoms with Gasteiger partial charge in [0.05, 0.1) is 0 Å². The quantitative estimate of drug-likeness (QED) is 0.735. The summed E-state index contributed by atoms with van der Waals surface area (Å²) in [7, 11) is 0. The molecule has 0 aromatic rings.